The number of rotatable bonds is 5. The molecule has 0 bridgehead atoms. The number of para-hydroxylation sites is 1. The van der Waals surface area contributed by atoms with Gasteiger partial charge in [0.05, 0.1) is 24.6 Å². The molecule has 0 N–H and O–H groups in total. The monoisotopic (exact) mass is 488 g/mol. The second-order valence-corrected chi connectivity index (χ2v) is 10.8. The molecule has 1 unspecified atom stereocenters. The lowest BCUT2D eigenvalue weighted by Gasteiger charge is -2.36. The van der Waals surface area contributed by atoms with Crippen LogP contribution in [0.5, 0.6) is 0 Å². The third-order valence-corrected chi connectivity index (χ3v) is 9.02. The second-order valence-electron chi connectivity index (χ2n) is 9.72. The van der Waals surface area contributed by atoms with E-state index in [0.29, 0.717) is 12.6 Å². The summed E-state index contributed by atoms with van der Waals surface area (Å²) in [5, 5.41) is 0.0715. The Morgan fingerprint density at radius 1 is 1.06 bits per heavy atom. The quantitative estimate of drug-likeness (QED) is 0.607. The fraction of sp³-hybridized carbons (Fsp3) is 0.429. The summed E-state index contributed by atoms with van der Waals surface area (Å²) in [6.07, 6.45) is 8.76. The van der Waals surface area contributed by atoms with E-state index in [9.17, 15) is 4.79 Å². The number of pyridine rings is 1. The number of amides is 1. The van der Waals surface area contributed by atoms with Gasteiger partial charge in [-0.3, -0.25) is 9.78 Å². The van der Waals surface area contributed by atoms with Gasteiger partial charge in [-0.15, -0.1) is 11.8 Å². The number of hydrogen-bond acceptors (Lipinski definition) is 6. The highest BCUT2D eigenvalue weighted by atomic mass is 32.2. The summed E-state index contributed by atoms with van der Waals surface area (Å²) < 4.78 is 5.91. The molecule has 7 heteroatoms. The number of methoxy groups -OCH3 is 1. The Balaban J connectivity index is 1.26. The molecular formula is C28H32N4O2S. The number of thioether (sulfide) groups is 1. The molecule has 0 aliphatic carbocycles. The maximum atomic E-state index is 13.7. The van der Waals surface area contributed by atoms with E-state index in [1.807, 2.05) is 29.3 Å². The SMILES string of the molecule is COC1=C(C(=O)N2CCC(N3CCCC3)CC2)SC2C1=CN(Cc1ccccn1)c1ccccc12. The second kappa shape index (κ2) is 9.70. The molecule has 5 heterocycles. The molecule has 6 rings (SSSR count). The van der Waals surface area contributed by atoms with Gasteiger partial charge in [0.25, 0.3) is 5.91 Å². The van der Waals surface area contributed by atoms with Gasteiger partial charge in [-0.1, -0.05) is 24.3 Å². The smallest absolute Gasteiger partial charge is 0.264 e. The van der Waals surface area contributed by atoms with Gasteiger partial charge >= 0.3 is 0 Å². The molecule has 0 spiro atoms. The number of carbonyl (C=O) groups is 1. The molecule has 2 aromatic rings. The van der Waals surface area contributed by atoms with Crippen LogP contribution < -0.4 is 4.90 Å². The standard InChI is InChI=1S/C28H32N4O2S/c1-34-25-23-19-32(18-20-8-4-5-13-29-20)24-10-3-2-9-22(24)26(23)35-27(25)28(33)31-16-11-21(12-17-31)30-14-6-7-15-30/h2-5,8-10,13,19,21,26H,6-7,11-12,14-18H2,1H3. The highest BCUT2D eigenvalue weighted by molar-refractivity contribution is 8.04. The molecule has 4 aliphatic heterocycles. The Bertz CT molecular complexity index is 1150. The molecule has 1 aromatic carbocycles. The van der Waals surface area contributed by atoms with Crippen molar-refractivity contribution >= 4 is 23.4 Å². The van der Waals surface area contributed by atoms with Crippen LogP contribution in [0.15, 0.2) is 71.1 Å². The van der Waals surface area contributed by atoms with E-state index in [4.69, 9.17) is 4.74 Å². The van der Waals surface area contributed by atoms with Gasteiger partial charge in [0.1, 0.15) is 10.7 Å². The number of aromatic nitrogens is 1. The first-order valence-electron chi connectivity index (χ1n) is 12.7. The predicted molar refractivity (Wildman–Crippen MR) is 140 cm³/mol. The van der Waals surface area contributed by atoms with Crippen molar-refractivity contribution in [2.24, 2.45) is 0 Å². The number of carbonyl (C=O) groups excluding carboxylic acids is 1. The summed E-state index contributed by atoms with van der Waals surface area (Å²) in [6, 6.07) is 15.1. The van der Waals surface area contributed by atoms with Crippen LogP contribution >= 0.6 is 11.8 Å². The van der Waals surface area contributed by atoms with Crippen molar-refractivity contribution < 1.29 is 9.53 Å². The Labute approximate surface area is 211 Å². The van der Waals surface area contributed by atoms with Crippen LogP contribution in [0.25, 0.3) is 0 Å². The van der Waals surface area contributed by atoms with E-state index in [2.05, 4.69) is 45.2 Å². The lowest BCUT2D eigenvalue weighted by atomic mass is 9.97. The Kier molecular flexibility index (Phi) is 6.29. The topological polar surface area (TPSA) is 48.9 Å². The molecule has 1 atom stereocenters. The fourth-order valence-electron chi connectivity index (χ4n) is 5.89. The van der Waals surface area contributed by atoms with Crippen LogP contribution in [0, 0.1) is 0 Å². The van der Waals surface area contributed by atoms with Gasteiger partial charge in [-0.25, -0.2) is 0 Å². The predicted octanol–water partition coefficient (Wildman–Crippen LogP) is 4.72. The van der Waals surface area contributed by atoms with Crippen molar-refractivity contribution in [1.29, 1.82) is 0 Å². The molecule has 0 radical (unpaired) electrons. The summed E-state index contributed by atoms with van der Waals surface area (Å²) in [5.74, 6) is 0.850. The maximum absolute atomic E-state index is 13.7. The molecule has 6 nitrogen and oxygen atoms in total. The molecule has 2 fully saturated rings. The van der Waals surface area contributed by atoms with Gasteiger partial charge in [-0.05, 0) is 62.5 Å². The molecule has 35 heavy (non-hydrogen) atoms. The van der Waals surface area contributed by atoms with E-state index in [1.54, 1.807) is 18.9 Å². The summed E-state index contributed by atoms with van der Waals surface area (Å²) in [7, 11) is 1.69. The summed E-state index contributed by atoms with van der Waals surface area (Å²) in [4.78, 5) is 25.9. The van der Waals surface area contributed by atoms with Crippen LogP contribution in [-0.2, 0) is 16.1 Å². The first-order chi connectivity index (χ1) is 17.2. The van der Waals surface area contributed by atoms with Gasteiger partial charge in [0, 0.05) is 42.8 Å². The zero-order valence-electron chi connectivity index (χ0n) is 20.2. The summed E-state index contributed by atoms with van der Waals surface area (Å²) in [5.41, 5.74) is 4.46. The lowest BCUT2D eigenvalue weighted by Crippen LogP contribution is -2.46. The van der Waals surface area contributed by atoms with Gasteiger partial charge in [0.15, 0.2) is 0 Å². The first kappa shape index (κ1) is 22.7. The van der Waals surface area contributed by atoms with Crippen molar-refractivity contribution in [2.75, 3.05) is 38.2 Å². The number of benzene rings is 1. The molecule has 0 saturated carbocycles. The Hall–Kier alpha value is -2.77. The molecule has 1 aromatic heterocycles. The zero-order chi connectivity index (χ0) is 23.8. The minimum atomic E-state index is 0.0715. The first-order valence-corrected chi connectivity index (χ1v) is 13.6. The molecule has 1 amide bonds. The van der Waals surface area contributed by atoms with E-state index in [-0.39, 0.29) is 11.2 Å². The third kappa shape index (κ3) is 4.25. The molecule has 182 valence electrons. The number of fused-ring (bicyclic) bond motifs is 3. The maximum Gasteiger partial charge on any atom is 0.264 e. The number of anilines is 1. The van der Waals surface area contributed by atoms with Crippen molar-refractivity contribution in [3.8, 4) is 0 Å². The third-order valence-electron chi connectivity index (χ3n) is 7.68. The molecule has 4 aliphatic rings. The number of nitrogens with zero attached hydrogens (tertiary/aromatic N) is 4. The average molecular weight is 489 g/mol. The lowest BCUT2D eigenvalue weighted by molar-refractivity contribution is -0.128. The van der Waals surface area contributed by atoms with Crippen LogP contribution in [-0.4, -0.2) is 60.0 Å². The van der Waals surface area contributed by atoms with E-state index < -0.39 is 0 Å². The number of likely N-dealkylation sites (tertiary alicyclic amines) is 2. The molecular weight excluding hydrogens is 456 g/mol. The number of allylic oxidation sites excluding steroid dienone is 1. The minimum Gasteiger partial charge on any atom is -0.495 e. The van der Waals surface area contributed by atoms with Gasteiger partial charge < -0.3 is 19.4 Å². The minimum absolute atomic E-state index is 0.0715. The van der Waals surface area contributed by atoms with Gasteiger partial charge in [0.2, 0.25) is 0 Å². The zero-order valence-corrected chi connectivity index (χ0v) is 21.0. The van der Waals surface area contributed by atoms with Crippen molar-refractivity contribution in [3.05, 3.63) is 82.4 Å². The van der Waals surface area contributed by atoms with Crippen LogP contribution in [0.3, 0.4) is 0 Å². The molecule has 2 saturated heterocycles. The van der Waals surface area contributed by atoms with E-state index in [1.165, 1.54) is 31.5 Å². The van der Waals surface area contributed by atoms with E-state index >= 15 is 0 Å². The number of piperidine rings is 1. The Morgan fingerprint density at radius 2 is 1.83 bits per heavy atom. The Morgan fingerprint density at radius 3 is 2.57 bits per heavy atom. The van der Waals surface area contributed by atoms with Crippen molar-refractivity contribution in [1.82, 2.24) is 14.8 Å². The highest BCUT2D eigenvalue weighted by Crippen LogP contribution is 2.56. The van der Waals surface area contributed by atoms with Crippen LogP contribution in [0.4, 0.5) is 5.69 Å². The average Bonchev–Trinajstić information content (AvgIpc) is 3.58. The summed E-state index contributed by atoms with van der Waals surface area (Å²) in [6.45, 7) is 4.76. The van der Waals surface area contributed by atoms with Crippen LogP contribution in [0.2, 0.25) is 0 Å². The van der Waals surface area contributed by atoms with Crippen LogP contribution in [0.1, 0.15) is 42.2 Å². The normalized spacial score (nSPS) is 22.8. The van der Waals surface area contributed by atoms with Gasteiger partial charge in [-0.2, -0.15) is 0 Å². The van der Waals surface area contributed by atoms with E-state index in [0.717, 1.165) is 53.5 Å². The summed E-state index contributed by atoms with van der Waals surface area (Å²) >= 11 is 1.65. The largest absolute Gasteiger partial charge is 0.495 e. The fourth-order valence-corrected chi connectivity index (χ4v) is 7.29. The number of ether oxygens (including phenoxy) is 1. The highest BCUT2D eigenvalue weighted by Gasteiger charge is 2.42. The number of hydrogen-bond donors (Lipinski definition) is 0. The van der Waals surface area contributed by atoms with Crippen molar-refractivity contribution in [2.45, 2.75) is 43.5 Å². The van der Waals surface area contributed by atoms with Crippen molar-refractivity contribution in [3.63, 3.8) is 0 Å².